The number of nitrogens with one attached hydrogen (secondary N) is 1. The van der Waals surface area contributed by atoms with Crippen molar-refractivity contribution in [2.24, 2.45) is 0 Å². The summed E-state index contributed by atoms with van der Waals surface area (Å²) in [7, 11) is 0. The highest BCUT2D eigenvalue weighted by Gasteiger charge is 2.06. The standard InChI is InChI=1S/C8H10N2O2.ClH/c1-4-6(5(2)11)3-7(9)8(12)10-4;/h3H,9H2,1-2H3,(H,10,12);1H. The molecule has 3 N–H and O–H groups in total. The lowest BCUT2D eigenvalue weighted by Crippen LogP contribution is -2.15. The fraction of sp³-hybridized carbons (Fsp3) is 0.250. The van der Waals surface area contributed by atoms with Gasteiger partial charge in [-0.1, -0.05) is 0 Å². The SMILES string of the molecule is CC(=O)c1cc(N)c(=O)[nH]c1C.Cl. The lowest BCUT2D eigenvalue weighted by atomic mass is 10.1. The lowest BCUT2D eigenvalue weighted by molar-refractivity contribution is 0.101. The number of anilines is 1. The molecule has 5 heteroatoms. The van der Waals surface area contributed by atoms with Crippen molar-refractivity contribution in [2.75, 3.05) is 5.73 Å². The summed E-state index contributed by atoms with van der Waals surface area (Å²) in [4.78, 5) is 24.4. The van der Waals surface area contributed by atoms with Gasteiger partial charge < -0.3 is 10.7 Å². The molecule has 0 spiro atoms. The number of nitrogen functional groups attached to an aromatic ring is 1. The largest absolute Gasteiger partial charge is 0.394 e. The maximum Gasteiger partial charge on any atom is 0.271 e. The first-order chi connectivity index (χ1) is 5.52. The smallest absolute Gasteiger partial charge is 0.271 e. The average Bonchev–Trinajstić information content (AvgIpc) is 1.96. The van der Waals surface area contributed by atoms with E-state index in [1.165, 1.54) is 13.0 Å². The van der Waals surface area contributed by atoms with Crippen LogP contribution in [0, 0.1) is 6.92 Å². The molecule has 1 aromatic heterocycles. The molecule has 72 valence electrons. The highest BCUT2D eigenvalue weighted by atomic mass is 35.5. The molecule has 0 aliphatic rings. The van der Waals surface area contributed by atoms with E-state index in [-0.39, 0.29) is 29.4 Å². The Hall–Kier alpha value is -1.29. The van der Waals surface area contributed by atoms with E-state index in [0.717, 1.165) is 0 Å². The number of aryl methyl sites for hydroxylation is 1. The molecule has 4 nitrogen and oxygen atoms in total. The zero-order valence-electron chi connectivity index (χ0n) is 7.38. The summed E-state index contributed by atoms with van der Waals surface area (Å²) in [6, 6.07) is 1.40. The predicted octanol–water partition coefficient (Wildman–Crippen LogP) is 0.890. The number of aromatic nitrogens is 1. The van der Waals surface area contributed by atoms with E-state index >= 15 is 0 Å². The number of nitrogens with two attached hydrogens (primary N) is 1. The van der Waals surface area contributed by atoms with Crippen LogP contribution in [0.5, 0.6) is 0 Å². The number of carbonyl (C=O) groups excluding carboxylic acids is 1. The molecule has 0 aromatic carbocycles. The summed E-state index contributed by atoms with van der Waals surface area (Å²) in [6.45, 7) is 3.09. The minimum Gasteiger partial charge on any atom is -0.394 e. The van der Waals surface area contributed by atoms with E-state index in [0.29, 0.717) is 11.3 Å². The molecule has 0 fully saturated rings. The van der Waals surface area contributed by atoms with Gasteiger partial charge in [0.2, 0.25) is 0 Å². The Kier molecular flexibility index (Phi) is 3.69. The third kappa shape index (κ3) is 2.32. The predicted molar refractivity (Wildman–Crippen MR) is 53.5 cm³/mol. The average molecular weight is 203 g/mol. The molecular weight excluding hydrogens is 192 g/mol. The highest BCUT2D eigenvalue weighted by Crippen LogP contribution is 2.05. The summed E-state index contributed by atoms with van der Waals surface area (Å²) in [5, 5.41) is 0. The van der Waals surface area contributed by atoms with Crippen LogP contribution in [-0.2, 0) is 0 Å². The molecule has 1 aromatic rings. The van der Waals surface area contributed by atoms with Crippen molar-refractivity contribution < 1.29 is 4.79 Å². The summed E-state index contributed by atoms with van der Waals surface area (Å²) in [5.74, 6) is -0.101. The van der Waals surface area contributed by atoms with Gasteiger partial charge in [0.05, 0.1) is 5.69 Å². The van der Waals surface area contributed by atoms with E-state index in [4.69, 9.17) is 5.73 Å². The van der Waals surface area contributed by atoms with Gasteiger partial charge in [-0.05, 0) is 19.9 Å². The van der Waals surface area contributed by atoms with Gasteiger partial charge in [-0.3, -0.25) is 9.59 Å². The van der Waals surface area contributed by atoms with Crippen LogP contribution in [0.4, 0.5) is 5.69 Å². The fourth-order valence-electron chi connectivity index (χ4n) is 1.00. The molecule has 0 amide bonds. The van der Waals surface area contributed by atoms with E-state index < -0.39 is 0 Å². The number of hydrogen-bond acceptors (Lipinski definition) is 3. The first-order valence-electron chi connectivity index (χ1n) is 3.52. The second kappa shape index (κ2) is 4.09. The molecule has 0 aliphatic carbocycles. The molecule has 0 unspecified atom stereocenters. The second-order valence-corrected chi connectivity index (χ2v) is 2.65. The summed E-state index contributed by atoms with van der Waals surface area (Å²) in [5.41, 5.74) is 6.08. The topological polar surface area (TPSA) is 76.0 Å². The molecule has 13 heavy (non-hydrogen) atoms. The van der Waals surface area contributed by atoms with Gasteiger partial charge in [-0.2, -0.15) is 0 Å². The highest BCUT2D eigenvalue weighted by molar-refractivity contribution is 5.95. The number of rotatable bonds is 1. The molecule has 0 saturated carbocycles. The molecule has 1 heterocycles. The van der Waals surface area contributed by atoms with Crippen molar-refractivity contribution in [2.45, 2.75) is 13.8 Å². The van der Waals surface area contributed by atoms with E-state index in [1.807, 2.05) is 0 Å². The minimum absolute atomic E-state index is 0. The third-order valence-electron chi connectivity index (χ3n) is 1.65. The zero-order chi connectivity index (χ0) is 9.30. The number of carbonyl (C=O) groups is 1. The number of halogens is 1. The Balaban J connectivity index is 0.00000144. The Labute approximate surface area is 81.6 Å². The zero-order valence-corrected chi connectivity index (χ0v) is 8.20. The summed E-state index contributed by atoms with van der Waals surface area (Å²) < 4.78 is 0. The van der Waals surface area contributed by atoms with Crippen LogP contribution in [-0.4, -0.2) is 10.8 Å². The van der Waals surface area contributed by atoms with Gasteiger partial charge in [0.1, 0.15) is 0 Å². The van der Waals surface area contributed by atoms with Crippen LogP contribution in [0.2, 0.25) is 0 Å². The van der Waals surface area contributed by atoms with E-state index in [2.05, 4.69) is 4.98 Å². The van der Waals surface area contributed by atoms with Crippen LogP contribution >= 0.6 is 12.4 Å². The Bertz CT molecular complexity index is 384. The van der Waals surface area contributed by atoms with Crippen LogP contribution in [0.25, 0.3) is 0 Å². The van der Waals surface area contributed by atoms with Crippen molar-refractivity contribution in [3.8, 4) is 0 Å². The molecular formula is C8H11ClN2O2. The maximum atomic E-state index is 11.0. The van der Waals surface area contributed by atoms with Gasteiger partial charge in [-0.25, -0.2) is 0 Å². The summed E-state index contributed by atoms with van der Waals surface area (Å²) >= 11 is 0. The molecule has 0 saturated heterocycles. The second-order valence-electron chi connectivity index (χ2n) is 2.65. The number of Topliss-reactive ketones (excluding diaryl/α,β-unsaturated/α-hetero) is 1. The first-order valence-corrected chi connectivity index (χ1v) is 3.52. The molecule has 0 aliphatic heterocycles. The van der Waals surface area contributed by atoms with Crippen molar-refractivity contribution in [3.63, 3.8) is 0 Å². The first kappa shape index (κ1) is 11.7. The lowest BCUT2D eigenvalue weighted by Gasteiger charge is -2.01. The van der Waals surface area contributed by atoms with Crippen molar-refractivity contribution in [1.82, 2.24) is 4.98 Å². The third-order valence-corrected chi connectivity index (χ3v) is 1.65. The monoisotopic (exact) mass is 202 g/mol. The molecule has 0 radical (unpaired) electrons. The van der Waals surface area contributed by atoms with Crippen LogP contribution in [0.15, 0.2) is 10.9 Å². The quantitative estimate of drug-likeness (QED) is 0.664. The van der Waals surface area contributed by atoms with Gasteiger partial charge in [-0.15, -0.1) is 12.4 Å². The van der Waals surface area contributed by atoms with E-state index in [9.17, 15) is 9.59 Å². The van der Waals surface area contributed by atoms with Crippen LogP contribution in [0.1, 0.15) is 23.0 Å². The molecule has 0 atom stereocenters. The van der Waals surface area contributed by atoms with Crippen molar-refractivity contribution in [1.29, 1.82) is 0 Å². The summed E-state index contributed by atoms with van der Waals surface area (Å²) in [6.07, 6.45) is 0. The Morgan fingerprint density at radius 3 is 2.54 bits per heavy atom. The number of H-pyrrole nitrogens is 1. The Morgan fingerprint density at radius 2 is 2.08 bits per heavy atom. The Morgan fingerprint density at radius 1 is 1.54 bits per heavy atom. The van der Waals surface area contributed by atoms with Gasteiger partial charge >= 0.3 is 0 Å². The molecule has 1 rings (SSSR count). The number of pyridine rings is 1. The molecule has 0 bridgehead atoms. The number of aromatic amines is 1. The minimum atomic E-state index is -0.350. The van der Waals surface area contributed by atoms with Crippen molar-refractivity contribution >= 4 is 23.9 Å². The normalized spacial score (nSPS) is 9.08. The fourth-order valence-corrected chi connectivity index (χ4v) is 1.00. The number of ketones is 1. The van der Waals surface area contributed by atoms with E-state index in [1.54, 1.807) is 6.92 Å². The van der Waals surface area contributed by atoms with Gasteiger partial charge in [0.25, 0.3) is 5.56 Å². The van der Waals surface area contributed by atoms with Gasteiger partial charge in [0.15, 0.2) is 5.78 Å². The number of hydrogen-bond donors (Lipinski definition) is 2. The van der Waals surface area contributed by atoms with Gasteiger partial charge in [0, 0.05) is 11.3 Å². The maximum absolute atomic E-state index is 11.0. The van der Waals surface area contributed by atoms with Crippen LogP contribution < -0.4 is 11.3 Å². The van der Waals surface area contributed by atoms with Crippen LogP contribution in [0.3, 0.4) is 0 Å². The van der Waals surface area contributed by atoms with Crippen molar-refractivity contribution in [3.05, 3.63) is 27.7 Å².